The summed E-state index contributed by atoms with van der Waals surface area (Å²) < 4.78 is 0. The van der Waals surface area contributed by atoms with Crippen LogP contribution in [-0.4, -0.2) is 34.9 Å². The molecular formula is C12H17N5O3. The maximum atomic E-state index is 11.5. The van der Waals surface area contributed by atoms with Gasteiger partial charge < -0.3 is 16.4 Å². The number of carbonyl (C=O) groups excluding carboxylic acids is 1. The van der Waals surface area contributed by atoms with Crippen molar-refractivity contribution >= 4 is 17.4 Å². The molecule has 8 nitrogen and oxygen atoms in total. The molecule has 0 spiro atoms. The van der Waals surface area contributed by atoms with Gasteiger partial charge in [0, 0.05) is 25.2 Å². The fourth-order valence-corrected chi connectivity index (χ4v) is 2.55. The Balaban J connectivity index is 2.40. The van der Waals surface area contributed by atoms with Gasteiger partial charge in [-0.15, -0.1) is 0 Å². The van der Waals surface area contributed by atoms with Gasteiger partial charge in [0.2, 0.25) is 0 Å². The van der Waals surface area contributed by atoms with E-state index in [1.807, 2.05) is 4.90 Å². The summed E-state index contributed by atoms with van der Waals surface area (Å²) in [6.07, 6.45) is 2.03. The number of carbonyl (C=O) groups is 1. The Hall–Kier alpha value is -2.22. The molecular weight excluding hydrogens is 262 g/mol. The highest BCUT2D eigenvalue weighted by Gasteiger charge is 2.27. The molecule has 1 aliphatic heterocycles. The summed E-state index contributed by atoms with van der Waals surface area (Å²) in [5, 5.41) is 10.7. The third-order valence-corrected chi connectivity index (χ3v) is 3.32. The average Bonchev–Trinajstić information content (AvgIpc) is 2.36. The van der Waals surface area contributed by atoms with Crippen molar-refractivity contribution in [1.29, 1.82) is 0 Å². The highest BCUT2D eigenvalue weighted by atomic mass is 16.6. The van der Waals surface area contributed by atoms with Gasteiger partial charge in [-0.3, -0.25) is 14.9 Å². The van der Waals surface area contributed by atoms with Gasteiger partial charge in [0.1, 0.15) is 12.0 Å². The Morgan fingerprint density at radius 1 is 1.55 bits per heavy atom. The summed E-state index contributed by atoms with van der Waals surface area (Å²) in [5.74, 6) is -0.00966. The Labute approximate surface area is 115 Å². The van der Waals surface area contributed by atoms with Gasteiger partial charge in [0.15, 0.2) is 0 Å². The standard InChI is InChI=1S/C12H17N5O3/c1-7-2-8(13)6-16(5-7)12-10(11(14)18)3-9(4-15-12)17(19)20/h3-4,7-8H,2,5-6,13H2,1H3,(H2,14,18). The lowest BCUT2D eigenvalue weighted by Gasteiger charge is -2.36. The molecule has 0 saturated carbocycles. The molecule has 1 aliphatic rings. The first-order valence-electron chi connectivity index (χ1n) is 6.33. The number of aromatic nitrogens is 1. The summed E-state index contributed by atoms with van der Waals surface area (Å²) >= 11 is 0. The second-order valence-electron chi connectivity index (χ2n) is 5.19. The maximum absolute atomic E-state index is 11.5. The molecule has 0 aromatic carbocycles. The molecule has 0 aliphatic carbocycles. The van der Waals surface area contributed by atoms with Gasteiger partial charge in [-0.05, 0) is 12.3 Å². The van der Waals surface area contributed by atoms with Crippen molar-refractivity contribution in [3.05, 3.63) is 27.9 Å². The summed E-state index contributed by atoms with van der Waals surface area (Å²) in [5.41, 5.74) is 11.1. The van der Waals surface area contributed by atoms with Crippen molar-refractivity contribution in [2.75, 3.05) is 18.0 Å². The van der Waals surface area contributed by atoms with E-state index in [0.717, 1.165) is 18.7 Å². The molecule has 0 radical (unpaired) electrons. The molecule has 1 saturated heterocycles. The van der Waals surface area contributed by atoms with E-state index in [1.54, 1.807) is 0 Å². The minimum absolute atomic E-state index is 0.0172. The Morgan fingerprint density at radius 2 is 2.25 bits per heavy atom. The number of nitrogens with zero attached hydrogens (tertiary/aromatic N) is 3. The molecule has 1 aromatic heterocycles. The van der Waals surface area contributed by atoms with Gasteiger partial charge in [-0.1, -0.05) is 6.92 Å². The number of nitro groups is 1. The normalized spacial score (nSPS) is 22.6. The number of hydrogen-bond acceptors (Lipinski definition) is 6. The van der Waals surface area contributed by atoms with Crippen LogP contribution < -0.4 is 16.4 Å². The van der Waals surface area contributed by atoms with Crippen LogP contribution in [0.1, 0.15) is 23.7 Å². The van der Waals surface area contributed by atoms with E-state index in [0.29, 0.717) is 24.8 Å². The molecule has 8 heteroatoms. The summed E-state index contributed by atoms with van der Waals surface area (Å²) in [6.45, 7) is 3.30. The van der Waals surface area contributed by atoms with Crippen molar-refractivity contribution < 1.29 is 9.72 Å². The Bertz CT molecular complexity index is 538. The molecule has 1 amide bonds. The van der Waals surface area contributed by atoms with Crippen molar-refractivity contribution in [3.63, 3.8) is 0 Å². The van der Waals surface area contributed by atoms with Crippen molar-refractivity contribution in [3.8, 4) is 0 Å². The van der Waals surface area contributed by atoms with Crippen LogP contribution in [0.3, 0.4) is 0 Å². The van der Waals surface area contributed by atoms with E-state index in [9.17, 15) is 14.9 Å². The van der Waals surface area contributed by atoms with Gasteiger partial charge in [-0.2, -0.15) is 0 Å². The monoisotopic (exact) mass is 279 g/mol. The van der Waals surface area contributed by atoms with E-state index < -0.39 is 10.8 Å². The van der Waals surface area contributed by atoms with Crippen LogP contribution in [0.5, 0.6) is 0 Å². The molecule has 20 heavy (non-hydrogen) atoms. The van der Waals surface area contributed by atoms with E-state index in [1.165, 1.54) is 0 Å². The third-order valence-electron chi connectivity index (χ3n) is 3.32. The largest absolute Gasteiger partial charge is 0.365 e. The van der Waals surface area contributed by atoms with Crippen LogP contribution in [0, 0.1) is 16.0 Å². The van der Waals surface area contributed by atoms with Crippen LogP contribution in [-0.2, 0) is 0 Å². The molecule has 2 heterocycles. The predicted octanol–water partition coefficient (Wildman–Crippen LogP) is 0.262. The number of anilines is 1. The smallest absolute Gasteiger partial charge is 0.288 e. The fourth-order valence-electron chi connectivity index (χ4n) is 2.55. The molecule has 2 unspecified atom stereocenters. The summed E-state index contributed by atoms with van der Waals surface area (Å²) in [4.78, 5) is 27.6. The highest BCUT2D eigenvalue weighted by Crippen LogP contribution is 2.26. The van der Waals surface area contributed by atoms with E-state index >= 15 is 0 Å². The van der Waals surface area contributed by atoms with Crippen LogP contribution in [0.15, 0.2) is 12.3 Å². The van der Waals surface area contributed by atoms with Crippen molar-refractivity contribution in [1.82, 2.24) is 4.98 Å². The predicted molar refractivity (Wildman–Crippen MR) is 73.4 cm³/mol. The van der Waals surface area contributed by atoms with Gasteiger partial charge >= 0.3 is 0 Å². The van der Waals surface area contributed by atoms with E-state index in [2.05, 4.69) is 11.9 Å². The van der Waals surface area contributed by atoms with Crippen LogP contribution in [0.25, 0.3) is 0 Å². The molecule has 4 N–H and O–H groups in total. The maximum Gasteiger partial charge on any atom is 0.288 e. The average molecular weight is 279 g/mol. The first-order valence-corrected chi connectivity index (χ1v) is 6.33. The zero-order valence-corrected chi connectivity index (χ0v) is 11.2. The molecule has 108 valence electrons. The number of hydrogen-bond donors (Lipinski definition) is 2. The van der Waals surface area contributed by atoms with Crippen molar-refractivity contribution in [2.45, 2.75) is 19.4 Å². The lowest BCUT2D eigenvalue weighted by atomic mass is 9.96. The zero-order chi connectivity index (χ0) is 14.9. The number of pyridine rings is 1. The zero-order valence-electron chi connectivity index (χ0n) is 11.2. The molecule has 1 aromatic rings. The molecule has 2 atom stereocenters. The lowest BCUT2D eigenvalue weighted by molar-refractivity contribution is -0.385. The quantitative estimate of drug-likeness (QED) is 0.603. The molecule has 1 fully saturated rings. The second kappa shape index (κ2) is 5.41. The van der Waals surface area contributed by atoms with Crippen LogP contribution in [0.4, 0.5) is 11.5 Å². The first-order chi connectivity index (χ1) is 9.38. The number of amides is 1. The lowest BCUT2D eigenvalue weighted by Crippen LogP contribution is -2.47. The minimum Gasteiger partial charge on any atom is -0.365 e. The van der Waals surface area contributed by atoms with E-state index in [4.69, 9.17) is 11.5 Å². The summed E-state index contributed by atoms with van der Waals surface area (Å²) in [6, 6.07) is 1.15. The Morgan fingerprint density at radius 3 is 2.80 bits per heavy atom. The number of rotatable bonds is 3. The minimum atomic E-state index is -0.733. The van der Waals surface area contributed by atoms with Crippen molar-refractivity contribution in [2.24, 2.45) is 17.4 Å². The molecule has 0 bridgehead atoms. The highest BCUT2D eigenvalue weighted by molar-refractivity contribution is 5.98. The number of nitrogens with two attached hydrogens (primary N) is 2. The summed E-state index contributed by atoms with van der Waals surface area (Å²) in [7, 11) is 0. The third kappa shape index (κ3) is 2.85. The van der Waals surface area contributed by atoms with Gasteiger partial charge in [0.05, 0.1) is 10.5 Å². The van der Waals surface area contributed by atoms with Crippen LogP contribution in [0.2, 0.25) is 0 Å². The van der Waals surface area contributed by atoms with Gasteiger partial charge in [0.25, 0.3) is 11.6 Å². The van der Waals surface area contributed by atoms with Gasteiger partial charge in [-0.25, -0.2) is 4.98 Å². The second-order valence-corrected chi connectivity index (χ2v) is 5.19. The number of primary amides is 1. The number of piperidine rings is 1. The molecule has 2 rings (SSSR count). The topological polar surface area (TPSA) is 128 Å². The Kier molecular flexibility index (Phi) is 3.84. The fraction of sp³-hybridized carbons (Fsp3) is 0.500. The SMILES string of the molecule is CC1CC(N)CN(c2ncc([N+](=O)[O-])cc2C(N)=O)C1. The van der Waals surface area contributed by atoms with Crippen LogP contribution >= 0.6 is 0 Å². The first kappa shape index (κ1) is 14.2. The van der Waals surface area contributed by atoms with E-state index in [-0.39, 0.29) is 17.3 Å².